The van der Waals surface area contributed by atoms with Crippen LogP contribution in [0.5, 0.6) is 11.5 Å². The number of hydrogen-bond donors (Lipinski definition) is 2. The molecule has 0 aliphatic carbocycles. The van der Waals surface area contributed by atoms with Crippen molar-refractivity contribution < 1.29 is 10.2 Å². The Labute approximate surface area is 217 Å². The van der Waals surface area contributed by atoms with Crippen LogP contribution in [0, 0.1) is 0 Å². The van der Waals surface area contributed by atoms with Gasteiger partial charge in [-0.3, -0.25) is 4.57 Å². The number of fused-ring (bicyclic) bond motifs is 1. The molecule has 5 rings (SSSR count). The molecule has 0 aliphatic heterocycles. The van der Waals surface area contributed by atoms with Gasteiger partial charge < -0.3 is 14.8 Å². The molecule has 0 spiro atoms. The maximum absolute atomic E-state index is 10.8. The summed E-state index contributed by atoms with van der Waals surface area (Å²) >= 11 is 1.51. The molecule has 0 amide bonds. The minimum absolute atomic E-state index is 0.0480. The standard InChI is InChI=1S/C27H25N7O2S/c1-16(2)21-13-22(25(36)14-24(21)35)26-30-31-27(37-15-17-4-6-19(7-5-17)29-32-28)34(26)20-8-9-23-18(12-20)10-11-33(23)3/h4-14,16,35-36H,15H2,1-3H3. The zero-order valence-electron chi connectivity index (χ0n) is 20.6. The first-order valence-corrected chi connectivity index (χ1v) is 12.7. The number of rotatable bonds is 7. The minimum Gasteiger partial charge on any atom is -0.508 e. The molecule has 2 heterocycles. The second-order valence-electron chi connectivity index (χ2n) is 9.04. The fraction of sp³-hybridized carbons (Fsp3) is 0.185. The van der Waals surface area contributed by atoms with Gasteiger partial charge in [-0.2, -0.15) is 0 Å². The van der Waals surface area contributed by atoms with Crippen molar-refractivity contribution in [3.8, 4) is 28.6 Å². The first-order valence-electron chi connectivity index (χ1n) is 11.7. The highest BCUT2D eigenvalue weighted by atomic mass is 32.2. The molecule has 0 saturated carbocycles. The van der Waals surface area contributed by atoms with Gasteiger partial charge >= 0.3 is 0 Å². The molecule has 0 radical (unpaired) electrons. The lowest BCUT2D eigenvalue weighted by molar-refractivity contribution is 0.444. The van der Waals surface area contributed by atoms with Crippen molar-refractivity contribution >= 4 is 28.4 Å². The fourth-order valence-corrected chi connectivity index (χ4v) is 5.18. The highest BCUT2D eigenvalue weighted by Gasteiger charge is 2.22. The zero-order chi connectivity index (χ0) is 26.1. The number of thioether (sulfide) groups is 1. The van der Waals surface area contributed by atoms with Gasteiger partial charge in [0.25, 0.3) is 0 Å². The molecule has 2 N–H and O–H groups in total. The predicted octanol–water partition coefficient (Wildman–Crippen LogP) is 7.19. The van der Waals surface area contributed by atoms with Crippen LogP contribution >= 0.6 is 11.8 Å². The SMILES string of the molecule is CC(C)c1cc(-c2nnc(SCc3ccc(N=[N+]=[N-])cc3)n2-c2ccc3c(ccn3C)c2)c(O)cc1O. The lowest BCUT2D eigenvalue weighted by atomic mass is 9.98. The van der Waals surface area contributed by atoms with Gasteiger partial charge in [-0.1, -0.05) is 55.0 Å². The Bertz CT molecular complexity index is 1650. The topological polar surface area (TPSA) is 125 Å². The highest BCUT2D eigenvalue weighted by molar-refractivity contribution is 7.98. The summed E-state index contributed by atoms with van der Waals surface area (Å²) in [4.78, 5) is 2.82. The van der Waals surface area contributed by atoms with E-state index in [0.717, 1.165) is 27.7 Å². The summed E-state index contributed by atoms with van der Waals surface area (Å²) < 4.78 is 3.99. The Kier molecular flexibility index (Phi) is 6.52. The van der Waals surface area contributed by atoms with Crippen molar-refractivity contribution in [3.05, 3.63) is 88.4 Å². The molecule has 3 aromatic carbocycles. The number of benzene rings is 3. The number of aromatic hydroxyl groups is 2. The first-order chi connectivity index (χ1) is 17.9. The fourth-order valence-electron chi connectivity index (χ4n) is 4.27. The van der Waals surface area contributed by atoms with Crippen LogP contribution in [0.2, 0.25) is 0 Å². The van der Waals surface area contributed by atoms with Crippen LogP contribution < -0.4 is 0 Å². The van der Waals surface area contributed by atoms with Gasteiger partial charge in [0, 0.05) is 46.6 Å². The Morgan fingerprint density at radius 1 is 1.00 bits per heavy atom. The van der Waals surface area contributed by atoms with Crippen molar-refractivity contribution in [2.24, 2.45) is 12.2 Å². The number of aromatic nitrogens is 4. The van der Waals surface area contributed by atoms with E-state index in [-0.39, 0.29) is 17.4 Å². The van der Waals surface area contributed by atoms with E-state index in [1.165, 1.54) is 17.8 Å². The number of nitrogens with zero attached hydrogens (tertiary/aromatic N) is 7. The van der Waals surface area contributed by atoms with Gasteiger partial charge in [-0.05, 0) is 52.9 Å². The van der Waals surface area contributed by atoms with Gasteiger partial charge in [-0.25, -0.2) is 0 Å². The maximum atomic E-state index is 10.8. The Hall–Kier alpha value is -4.40. The van der Waals surface area contributed by atoms with E-state index < -0.39 is 0 Å². The van der Waals surface area contributed by atoms with Gasteiger partial charge in [0.15, 0.2) is 11.0 Å². The third-order valence-corrected chi connectivity index (χ3v) is 7.23. The molecule has 186 valence electrons. The van der Waals surface area contributed by atoms with Crippen LogP contribution in [0.3, 0.4) is 0 Å². The molecule has 0 saturated heterocycles. The molecule has 0 atom stereocenters. The average Bonchev–Trinajstić information content (AvgIpc) is 3.47. The monoisotopic (exact) mass is 511 g/mol. The van der Waals surface area contributed by atoms with Crippen LogP contribution in [-0.2, 0) is 12.8 Å². The second kappa shape index (κ2) is 9.93. The minimum atomic E-state index is -0.0680. The number of phenols is 2. The third kappa shape index (κ3) is 4.72. The summed E-state index contributed by atoms with van der Waals surface area (Å²) in [7, 11) is 2.00. The molecule has 0 unspecified atom stereocenters. The Morgan fingerprint density at radius 3 is 2.51 bits per heavy atom. The van der Waals surface area contributed by atoms with E-state index in [0.29, 0.717) is 28.0 Å². The van der Waals surface area contributed by atoms with E-state index in [2.05, 4.69) is 36.9 Å². The number of hydrogen-bond acceptors (Lipinski definition) is 6. The molecule has 0 fully saturated rings. The molecule has 2 aromatic heterocycles. The molecule has 9 nitrogen and oxygen atoms in total. The Balaban J connectivity index is 1.61. The quantitative estimate of drug-likeness (QED) is 0.103. The summed E-state index contributed by atoms with van der Waals surface area (Å²) in [6.07, 6.45) is 2.01. The Morgan fingerprint density at radius 2 is 1.78 bits per heavy atom. The number of azide groups is 1. The number of aryl methyl sites for hydroxylation is 1. The molecule has 5 aromatic rings. The van der Waals surface area contributed by atoms with Gasteiger partial charge in [-0.15, -0.1) is 10.2 Å². The van der Waals surface area contributed by atoms with Crippen molar-refractivity contribution in [2.45, 2.75) is 30.7 Å². The van der Waals surface area contributed by atoms with Crippen molar-refractivity contribution in [1.29, 1.82) is 0 Å². The molecular weight excluding hydrogens is 486 g/mol. The zero-order valence-corrected chi connectivity index (χ0v) is 21.4. The smallest absolute Gasteiger partial charge is 0.196 e. The normalized spacial score (nSPS) is 11.2. The second-order valence-corrected chi connectivity index (χ2v) is 9.98. The van der Waals surface area contributed by atoms with Crippen LogP contribution in [0.1, 0.15) is 30.9 Å². The molecular formula is C27H25N7O2S. The van der Waals surface area contributed by atoms with E-state index in [1.807, 2.05) is 55.9 Å². The average molecular weight is 512 g/mol. The van der Waals surface area contributed by atoms with Crippen molar-refractivity contribution in [1.82, 2.24) is 19.3 Å². The largest absolute Gasteiger partial charge is 0.508 e. The van der Waals surface area contributed by atoms with E-state index in [1.54, 1.807) is 18.2 Å². The summed E-state index contributed by atoms with van der Waals surface area (Å²) in [6.45, 7) is 3.97. The van der Waals surface area contributed by atoms with Gasteiger partial charge in [0.2, 0.25) is 0 Å². The van der Waals surface area contributed by atoms with E-state index in [4.69, 9.17) is 5.53 Å². The summed E-state index contributed by atoms with van der Waals surface area (Å²) in [5.41, 5.74) is 13.4. The summed E-state index contributed by atoms with van der Waals surface area (Å²) in [6, 6.07) is 18.7. The lowest BCUT2D eigenvalue weighted by Gasteiger charge is -2.15. The summed E-state index contributed by atoms with van der Waals surface area (Å²) in [5.74, 6) is 1.13. The van der Waals surface area contributed by atoms with Crippen molar-refractivity contribution in [2.75, 3.05) is 0 Å². The molecule has 10 heteroatoms. The highest BCUT2D eigenvalue weighted by Crippen LogP contribution is 2.39. The maximum Gasteiger partial charge on any atom is 0.196 e. The van der Waals surface area contributed by atoms with Crippen LogP contribution in [0.25, 0.3) is 38.4 Å². The van der Waals surface area contributed by atoms with Gasteiger partial charge in [0.05, 0.1) is 11.3 Å². The van der Waals surface area contributed by atoms with Crippen LogP contribution in [0.15, 0.2) is 77.1 Å². The molecule has 0 aliphatic rings. The summed E-state index contributed by atoms with van der Waals surface area (Å²) in [5, 5.41) is 35.5. The first kappa shape index (κ1) is 24.3. The van der Waals surface area contributed by atoms with E-state index in [9.17, 15) is 10.2 Å². The van der Waals surface area contributed by atoms with E-state index >= 15 is 0 Å². The molecule has 0 bridgehead atoms. The number of phenolic OH excluding ortho intramolecular Hbond substituents is 2. The van der Waals surface area contributed by atoms with Crippen LogP contribution in [-0.4, -0.2) is 29.5 Å². The predicted molar refractivity (Wildman–Crippen MR) is 145 cm³/mol. The lowest BCUT2D eigenvalue weighted by Crippen LogP contribution is -2.01. The van der Waals surface area contributed by atoms with Crippen molar-refractivity contribution in [3.63, 3.8) is 0 Å². The van der Waals surface area contributed by atoms with Crippen LogP contribution in [0.4, 0.5) is 5.69 Å². The molecule has 37 heavy (non-hydrogen) atoms. The third-order valence-electron chi connectivity index (χ3n) is 6.23. The van der Waals surface area contributed by atoms with Gasteiger partial charge in [0.1, 0.15) is 11.5 Å².